The normalized spacial score (nSPS) is 17.5. The highest BCUT2D eigenvalue weighted by molar-refractivity contribution is 9.11. The second-order valence-corrected chi connectivity index (χ2v) is 8.56. The van der Waals surface area contributed by atoms with E-state index < -0.39 is 16.0 Å². The molecule has 2 rings (SSSR count). The highest BCUT2D eigenvalue weighted by Gasteiger charge is 2.26. The molecule has 0 saturated heterocycles. The monoisotopic (exact) mass is 367 g/mol. The highest BCUT2D eigenvalue weighted by Crippen LogP contribution is 2.32. The molecule has 2 N–H and O–H groups in total. The van der Waals surface area contributed by atoms with Gasteiger partial charge in [0.05, 0.1) is 3.79 Å². The van der Waals surface area contributed by atoms with Crippen molar-refractivity contribution in [3.63, 3.8) is 0 Å². The van der Waals surface area contributed by atoms with E-state index in [2.05, 4.69) is 20.7 Å². The second kappa shape index (κ2) is 5.90. The molecule has 1 aromatic heterocycles. The third-order valence-corrected chi connectivity index (χ3v) is 6.84. The summed E-state index contributed by atoms with van der Waals surface area (Å²) in [6.07, 6.45) is 4.87. The molecule has 8 heteroatoms. The molecule has 0 amide bonds. The molecule has 0 radical (unpaired) electrons. The van der Waals surface area contributed by atoms with Gasteiger partial charge >= 0.3 is 5.97 Å². The molecule has 0 atom stereocenters. The third kappa shape index (κ3) is 3.56. The number of halogens is 1. The van der Waals surface area contributed by atoms with Crippen LogP contribution in [0.1, 0.15) is 41.8 Å². The number of carboxylic acids is 1. The number of sulfonamides is 1. The summed E-state index contributed by atoms with van der Waals surface area (Å²) in [5.41, 5.74) is 0. The van der Waals surface area contributed by atoms with E-state index >= 15 is 0 Å². The summed E-state index contributed by atoms with van der Waals surface area (Å²) >= 11 is 4.03. The average Bonchev–Trinajstić information content (AvgIpc) is 2.73. The molecule has 0 aromatic carbocycles. The largest absolute Gasteiger partial charge is 0.477 e. The molecular weight excluding hydrogens is 354 g/mol. The quantitative estimate of drug-likeness (QED) is 0.856. The van der Waals surface area contributed by atoms with E-state index in [0.29, 0.717) is 3.79 Å². The molecule has 0 bridgehead atoms. The van der Waals surface area contributed by atoms with Crippen LogP contribution in [0.4, 0.5) is 0 Å². The Morgan fingerprint density at radius 2 is 2.00 bits per heavy atom. The summed E-state index contributed by atoms with van der Waals surface area (Å²) < 4.78 is 27.4. The van der Waals surface area contributed by atoms with Gasteiger partial charge in [0.15, 0.2) is 0 Å². The number of nitrogens with one attached hydrogen (secondary N) is 1. The topological polar surface area (TPSA) is 83.5 Å². The van der Waals surface area contributed by atoms with Gasteiger partial charge in [-0.05, 0) is 34.8 Å². The van der Waals surface area contributed by atoms with Gasteiger partial charge in [0.25, 0.3) is 0 Å². The lowest BCUT2D eigenvalue weighted by molar-refractivity contribution is 0.0702. The Balaban J connectivity index is 2.21. The number of thiophene rings is 1. The summed E-state index contributed by atoms with van der Waals surface area (Å²) in [6, 6.07) is 1.15. The van der Waals surface area contributed by atoms with Crippen LogP contribution in [-0.2, 0) is 10.0 Å². The molecular formula is C11H14BrNO4S2. The van der Waals surface area contributed by atoms with Gasteiger partial charge in [-0.2, -0.15) is 0 Å². The number of aromatic carboxylic acids is 1. The van der Waals surface area contributed by atoms with Gasteiger partial charge in [0.1, 0.15) is 9.77 Å². The lowest BCUT2D eigenvalue weighted by Crippen LogP contribution is -2.36. The van der Waals surface area contributed by atoms with Gasteiger partial charge < -0.3 is 5.11 Å². The SMILES string of the molecule is O=C(O)c1cc(S(=O)(=O)NC2CCCCC2)c(Br)s1. The predicted octanol–water partition coefficient (Wildman–Crippen LogP) is 2.82. The summed E-state index contributed by atoms with van der Waals surface area (Å²) in [7, 11) is -3.65. The van der Waals surface area contributed by atoms with Crippen LogP contribution in [0.3, 0.4) is 0 Å². The fraction of sp³-hybridized carbons (Fsp3) is 0.545. The fourth-order valence-corrected chi connectivity index (χ4v) is 5.85. The first-order valence-corrected chi connectivity index (χ1v) is 9.04. The standard InChI is InChI=1S/C11H14BrNO4S2/c12-10-9(6-8(18-10)11(14)15)19(16,17)13-7-4-2-1-3-5-7/h6-7,13H,1-5H2,(H,14,15). The molecule has 1 fully saturated rings. The van der Waals surface area contributed by atoms with Crippen molar-refractivity contribution in [3.05, 3.63) is 14.7 Å². The van der Waals surface area contributed by atoms with Crippen LogP contribution in [0.25, 0.3) is 0 Å². The maximum Gasteiger partial charge on any atom is 0.345 e. The first kappa shape index (κ1) is 15.0. The van der Waals surface area contributed by atoms with Crippen LogP contribution >= 0.6 is 27.3 Å². The number of carbonyl (C=O) groups is 1. The van der Waals surface area contributed by atoms with Crippen LogP contribution < -0.4 is 4.72 Å². The summed E-state index contributed by atoms with van der Waals surface area (Å²) in [4.78, 5) is 10.9. The van der Waals surface area contributed by atoms with Crippen molar-refractivity contribution in [2.24, 2.45) is 0 Å². The van der Waals surface area contributed by atoms with Crippen LogP contribution in [0.2, 0.25) is 0 Å². The van der Waals surface area contributed by atoms with Crippen molar-refractivity contribution in [3.8, 4) is 0 Å². The van der Waals surface area contributed by atoms with Crippen molar-refractivity contribution in [2.45, 2.75) is 43.0 Å². The van der Waals surface area contributed by atoms with Crippen molar-refractivity contribution in [1.29, 1.82) is 0 Å². The average molecular weight is 368 g/mol. The Morgan fingerprint density at radius 1 is 1.37 bits per heavy atom. The van der Waals surface area contributed by atoms with Crippen molar-refractivity contribution in [1.82, 2.24) is 4.72 Å². The number of carboxylic acid groups (broad SMARTS) is 1. The number of hydrogen-bond acceptors (Lipinski definition) is 4. The van der Waals surface area contributed by atoms with Crippen molar-refractivity contribution < 1.29 is 18.3 Å². The summed E-state index contributed by atoms with van der Waals surface area (Å²) in [5.74, 6) is -1.12. The van der Waals surface area contributed by atoms with Gasteiger partial charge in [-0.15, -0.1) is 11.3 Å². The van der Waals surface area contributed by atoms with Gasteiger partial charge in [0, 0.05) is 6.04 Å². The first-order chi connectivity index (χ1) is 8.90. The zero-order valence-electron chi connectivity index (χ0n) is 10.1. The Morgan fingerprint density at radius 3 is 2.53 bits per heavy atom. The van der Waals surface area contributed by atoms with Crippen LogP contribution in [0.15, 0.2) is 14.7 Å². The number of hydrogen-bond donors (Lipinski definition) is 2. The molecule has 5 nitrogen and oxygen atoms in total. The lowest BCUT2D eigenvalue weighted by atomic mass is 9.96. The maximum absolute atomic E-state index is 12.2. The van der Waals surface area contributed by atoms with E-state index in [1.807, 2.05) is 0 Å². The van der Waals surface area contributed by atoms with Crippen LogP contribution in [-0.4, -0.2) is 25.5 Å². The van der Waals surface area contributed by atoms with Gasteiger partial charge in [0.2, 0.25) is 10.0 Å². The minimum absolute atomic E-state index is 0.0101. The summed E-state index contributed by atoms with van der Waals surface area (Å²) in [6.45, 7) is 0. The molecule has 1 saturated carbocycles. The molecule has 1 aromatic rings. The van der Waals surface area contributed by atoms with E-state index in [1.165, 1.54) is 6.07 Å². The zero-order chi connectivity index (χ0) is 14.0. The Kier molecular flexibility index (Phi) is 4.65. The minimum atomic E-state index is -3.65. The van der Waals surface area contributed by atoms with E-state index in [4.69, 9.17) is 5.11 Å². The van der Waals surface area contributed by atoms with E-state index in [1.54, 1.807) is 0 Å². The maximum atomic E-state index is 12.2. The van der Waals surface area contributed by atoms with Crippen molar-refractivity contribution in [2.75, 3.05) is 0 Å². The molecule has 0 aliphatic heterocycles. The lowest BCUT2D eigenvalue weighted by Gasteiger charge is -2.22. The van der Waals surface area contributed by atoms with Crippen molar-refractivity contribution >= 4 is 43.3 Å². The Labute approximate surface area is 124 Å². The van der Waals surface area contributed by atoms with Gasteiger partial charge in [-0.3, -0.25) is 0 Å². The van der Waals surface area contributed by atoms with Gasteiger partial charge in [-0.1, -0.05) is 19.3 Å². The summed E-state index contributed by atoms with van der Waals surface area (Å²) in [5, 5.41) is 8.88. The van der Waals surface area contributed by atoms with E-state index in [0.717, 1.165) is 43.4 Å². The molecule has 0 spiro atoms. The second-order valence-electron chi connectivity index (χ2n) is 4.51. The Hall–Kier alpha value is -0.440. The molecule has 1 aliphatic rings. The van der Waals surface area contributed by atoms with Gasteiger partial charge in [-0.25, -0.2) is 17.9 Å². The van der Waals surface area contributed by atoms with Crippen LogP contribution in [0, 0.1) is 0 Å². The molecule has 19 heavy (non-hydrogen) atoms. The van der Waals surface area contributed by atoms with E-state index in [-0.39, 0.29) is 15.8 Å². The van der Waals surface area contributed by atoms with Crippen LogP contribution in [0.5, 0.6) is 0 Å². The predicted molar refractivity (Wildman–Crippen MR) is 76.2 cm³/mol. The molecule has 106 valence electrons. The minimum Gasteiger partial charge on any atom is -0.477 e. The smallest absolute Gasteiger partial charge is 0.345 e. The third-order valence-electron chi connectivity index (χ3n) is 3.08. The molecule has 0 unspecified atom stereocenters. The Bertz CT molecular complexity index is 576. The number of rotatable bonds is 4. The zero-order valence-corrected chi connectivity index (χ0v) is 13.3. The first-order valence-electron chi connectivity index (χ1n) is 5.95. The highest BCUT2D eigenvalue weighted by atomic mass is 79.9. The van der Waals surface area contributed by atoms with E-state index in [9.17, 15) is 13.2 Å². The molecule has 1 aliphatic carbocycles. The fourth-order valence-electron chi connectivity index (χ4n) is 2.14. The molecule has 1 heterocycles.